The molecule has 0 amide bonds. The standard InChI is InChI=1S/C13H20N4/c1-16(2)8-9-17-12(10-15-13(17)14)11-6-4-3-5-7-11/h3-7,12H,8-10H2,1-2H3,(H2,14,15). The van der Waals surface area contributed by atoms with E-state index in [2.05, 4.69) is 53.2 Å². The number of aliphatic imine (C=N–C) groups is 1. The molecule has 0 fully saturated rings. The molecule has 0 bridgehead atoms. The van der Waals surface area contributed by atoms with Crippen molar-refractivity contribution in [1.29, 1.82) is 0 Å². The van der Waals surface area contributed by atoms with Gasteiger partial charge in [0.15, 0.2) is 5.96 Å². The molecule has 2 rings (SSSR count). The molecule has 1 aromatic carbocycles. The predicted octanol–water partition coefficient (Wildman–Crippen LogP) is 0.920. The SMILES string of the molecule is CN(C)CCN1C(N)=NCC1c1ccccc1. The second-order valence-corrected chi connectivity index (χ2v) is 4.62. The van der Waals surface area contributed by atoms with Crippen LogP contribution in [-0.2, 0) is 0 Å². The van der Waals surface area contributed by atoms with Gasteiger partial charge in [0.2, 0.25) is 0 Å². The van der Waals surface area contributed by atoms with Crippen LogP contribution in [0.3, 0.4) is 0 Å². The lowest BCUT2D eigenvalue weighted by Gasteiger charge is -2.27. The molecular formula is C13H20N4. The van der Waals surface area contributed by atoms with Crippen LogP contribution in [0.2, 0.25) is 0 Å². The Labute approximate surface area is 103 Å². The number of guanidine groups is 1. The van der Waals surface area contributed by atoms with Crippen LogP contribution in [0, 0.1) is 0 Å². The van der Waals surface area contributed by atoms with Gasteiger partial charge in [0, 0.05) is 13.1 Å². The third-order valence-corrected chi connectivity index (χ3v) is 3.07. The molecule has 0 spiro atoms. The first kappa shape index (κ1) is 11.9. The summed E-state index contributed by atoms with van der Waals surface area (Å²) in [7, 11) is 4.14. The fourth-order valence-electron chi connectivity index (χ4n) is 2.07. The Balaban J connectivity index is 2.08. The molecule has 0 aliphatic carbocycles. The summed E-state index contributed by atoms with van der Waals surface area (Å²) < 4.78 is 0. The summed E-state index contributed by atoms with van der Waals surface area (Å²) in [5.74, 6) is 0.667. The van der Waals surface area contributed by atoms with E-state index in [1.807, 2.05) is 6.07 Å². The summed E-state index contributed by atoms with van der Waals surface area (Å²) in [6.45, 7) is 2.67. The molecule has 1 aromatic rings. The van der Waals surface area contributed by atoms with Crippen molar-refractivity contribution in [2.45, 2.75) is 6.04 Å². The van der Waals surface area contributed by atoms with Crippen molar-refractivity contribution in [1.82, 2.24) is 9.80 Å². The molecule has 4 nitrogen and oxygen atoms in total. The number of hydrogen-bond acceptors (Lipinski definition) is 4. The van der Waals surface area contributed by atoms with Crippen molar-refractivity contribution in [3.63, 3.8) is 0 Å². The second kappa shape index (κ2) is 5.19. The molecule has 1 unspecified atom stereocenters. The Morgan fingerprint density at radius 1 is 1.35 bits per heavy atom. The van der Waals surface area contributed by atoms with Gasteiger partial charge in [0.1, 0.15) is 0 Å². The normalized spacial score (nSPS) is 19.8. The summed E-state index contributed by atoms with van der Waals surface area (Å²) in [6.07, 6.45) is 0. The minimum absolute atomic E-state index is 0.302. The number of benzene rings is 1. The van der Waals surface area contributed by atoms with E-state index in [4.69, 9.17) is 5.73 Å². The molecule has 1 heterocycles. The van der Waals surface area contributed by atoms with Gasteiger partial charge in [-0.25, -0.2) is 0 Å². The second-order valence-electron chi connectivity index (χ2n) is 4.62. The first-order valence-electron chi connectivity index (χ1n) is 5.94. The van der Waals surface area contributed by atoms with Crippen LogP contribution in [0.5, 0.6) is 0 Å². The van der Waals surface area contributed by atoms with Crippen molar-refractivity contribution in [2.75, 3.05) is 33.7 Å². The van der Waals surface area contributed by atoms with E-state index in [1.54, 1.807) is 0 Å². The summed E-state index contributed by atoms with van der Waals surface area (Å²) in [5, 5.41) is 0. The Bertz CT molecular complexity index is 386. The zero-order chi connectivity index (χ0) is 12.3. The highest BCUT2D eigenvalue weighted by atomic mass is 15.3. The van der Waals surface area contributed by atoms with Crippen molar-refractivity contribution >= 4 is 5.96 Å². The molecule has 0 saturated carbocycles. The van der Waals surface area contributed by atoms with Gasteiger partial charge < -0.3 is 15.5 Å². The first-order valence-corrected chi connectivity index (χ1v) is 5.94. The smallest absolute Gasteiger partial charge is 0.191 e. The Hall–Kier alpha value is -1.55. The molecule has 2 N–H and O–H groups in total. The van der Waals surface area contributed by atoms with Crippen LogP contribution < -0.4 is 5.73 Å². The van der Waals surface area contributed by atoms with Gasteiger partial charge in [-0.15, -0.1) is 0 Å². The van der Waals surface area contributed by atoms with E-state index in [9.17, 15) is 0 Å². The summed E-state index contributed by atoms with van der Waals surface area (Å²) in [5.41, 5.74) is 7.24. The zero-order valence-corrected chi connectivity index (χ0v) is 10.5. The Kier molecular flexibility index (Phi) is 3.64. The number of nitrogens with zero attached hydrogens (tertiary/aromatic N) is 3. The summed E-state index contributed by atoms with van der Waals surface area (Å²) in [4.78, 5) is 8.71. The van der Waals surface area contributed by atoms with Gasteiger partial charge in [-0.05, 0) is 19.7 Å². The highest BCUT2D eigenvalue weighted by Crippen LogP contribution is 2.24. The van der Waals surface area contributed by atoms with E-state index in [0.717, 1.165) is 19.6 Å². The van der Waals surface area contributed by atoms with Crippen LogP contribution in [0.1, 0.15) is 11.6 Å². The summed E-state index contributed by atoms with van der Waals surface area (Å²) in [6, 6.07) is 10.7. The molecule has 92 valence electrons. The lowest BCUT2D eigenvalue weighted by molar-refractivity contribution is 0.293. The number of hydrogen-bond donors (Lipinski definition) is 1. The fraction of sp³-hybridized carbons (Fsp3) is 0.462. The molecule has 1 aliphatic rings. The van der Waals surface area contributed by atoms with E-state index < -0.39 is 0 Å². The maximum absolute atomic E-state index is 5.95. The molecule has 0 radical (unpaired) electrons. The van der Waals surface area contributed by atoms with Crippen LogP contribution in [0.25, 0.3) is 0 Å². The lowest BCUT2D eigenvalue weighted by atomic mass is 10.1. The van der Waals surface area contributed by atoms with Crippen LogP contribution >= 0.6 is 0 Å². The summed E-state index contributed by atoms with van der Waals surface area (Å²) >= 11 is 0. The molecule has 1 aliphatic heterocycles. The molecule has 1 atom stereocenters. The number of nitrogens with two attached hydrogens (primary N) is 1. The van der Waals surface area contributed by atoms with E-state index in [-0.39, 0.29) is 0 Å². The van der Waals surface area contributed by atoms with Gasteiger partial charge in [0.25, 0.3) is 0 Å². The molecule has 0 saturated heterocycles. The quantitative estimate of drug-likeness (QED) is 0.839. The number of rotatable bonds is 4. The topological polar surface area (TPSA) is 44.9 Å². The first-order chi connectivity index (χ1) is 8.18. The Morgan fingerprint density at radius 3 is 2.71 bits per heavy atom. The maximum Gasteiger partial charge on any atom is 0.191 e. The van der Waals surface area contributed by atoms with Gasteiger partial charge in [0.05, 0.1) is 12.6 Å². The van der Waals surface area contributed by atoms with Gasteiger partial charge in [-0.1, -0.05) is 30.3 Å². The monoisotopic (exact) mass is 232 g/mol. The third-order valence-electron chi connectivity index (χ3n) is 3.07. The Morgan fingerprint density at radius 2 is 2.06 bits per heavy atom. The highest BCUT2D eigenvalue weighted by Gasteiger charge is 2.26. The predicted molar refractivity (Wildman–Crippen MR) is 70.9 cm³/mol. The molecule has 17 heavy (non-hydrogen) atoms. The van der Waals surface area contributed by atoms with Crippen LogP contribution in [0.15, 0.2) is 35.3 Å². The van der Waals surface area contributed by atoms with E-state index >= 15 is 0 Å². The van der Waals surface area contributed by atoms with E-state index in [0.29, 0.717) is 12.0 Å². The minimum Gasteiger partial charge on any atom is -0.370 e. The minimum atomic E-state index is 0.302. The van der Waals surface area contributed by atoms with Crippen molar-refractivity contribution in [3.05, 3.63) is 35.9 Å². The number of likely N-dealkylation sites (N-methyl/N-ethyl adjacent to an activating group) is 1. The largest absolute Gasteiger partial charge is 0.370 e. The lowest BCUT2D eigenvalue weighted by Crippen LogP contribution is -2.40. The van der Waals surface area contributed by atoms with Crippen LogP contribution in [0.4, 0.5) is 0 Å². The van der Waals surface area contributed by atoms with Gasteiger partial charge in [-0.2, -0.15) is 0 Å². The van der Waals surface area contributed by atoms with Crippen molar-refractivity contribution in [2.24, 2.45) is 10.7 Å². The van der Waals surface area contributed by atoms with Crippen molar-refractivity contribution in [3.8, 4) is 0 Å². The van der Waals surface area contributed by atoms with E-state index in [1.165, 1.54) is 5.56 Å². The molecule has 0 aromatic heterocycles. The molecule has 4 heteroatoms. The third kappa shape index (κ3) is 2.77. The van der Waals surface area contributed by atoms with Crippen LogP contribution in [-0.4, -0.2) is 49.5 Å². The maximum atomic E-state index is 5.95. The average molecular weight is 232 g/mol. The molecular weight excluding hydrogens is 212 g/mol. The van der Waals surface area contributed by atoms with Gasteiger partial charge >= 0.3 is 0 Å². The zero-order valence-electron chi connectivity index (χ0n) is 10.5. The van der Waals surface area contributed by atoms with Crippen molar-refractivity contribution < 1.29 is 0 Å². The highest BCUT2D eigenvalue weighted by molar-refractivity contribution is 5.80. The van der Waals surface area contributed by atoms with Gasteiger partial charge in [-0.3, -0.25) is 4.99 Å². The fourth-order valence-corrected chi connectivity index (χ4v) is 2.07. The average Bonchev–Trinajstić information content (AvgIpc) is 2.69.